The van der Waals surface area contributed by atoms with Gasteiger partial charge in [0.15, 0.2) is 0 Å². The van der Waals surface area contributed by atoms with Gasteiger partial charge in [-0.15, -0.1) is 0 Å². The van der Waals surface area contributed by atoms with E-state index in [1.54, 1.807) is 0 Å². The number of pyridine rings is 1. The number of nitrogens with zero attached hydrogens (tertiary/aromatic N) is 2. The Morgan fingerprint density at radius 2 is 2.05 bits per heavy atom. The average molecular weight is 285 g/mol. The summed E-state index contributed by atoms with van der Waals surface area (Å²) in [6.07, 6.45) is 2.64. The van der Waals surface area contributed by atoms with Crippen LogP contribution in [-0.2, 0) is 6.54 Å². The van der Waals surface area contributed by atoms with Crippen molar-refractivity contribution in [3.05, 3.63) is 36.0 Å². The maximum Gasteiger partial charge on any atom is 0.221 e. The number of rotatable bonds is 6. The molecule has 1 fully saturated rings. The quantitative estimate of drug-likeness (QED) is 0.884. The normalized spacial score (nSPS) is 15.7. The summed E-state index contributed by atoms with van der Waals surface area (Å²) in [4.78, 5) is 7.11. The molecule has 1 aromatic heterocycles. The van der Waals surface area contributed by atoms with Crippen LogP contribution in [0, 0.1) is 0 Å². The number of benzene rings is 1. The van der Waals surface area contributed by atoms with Crippen molar-refractivity contribution < 1.29 is 4.74 Å². The molecule has 0 amide bonds. The molecule has 1 aliphatic rings. The number of likely N-dealkylation sites (tertiary alicyclic amines) is 1. The topological polar surface area (TPSA) is 37.4 Å². The lowest BCUT2D eigenvalue weighted by atomic mass is 10.1. The first-order valence-electron chi connectivity index (χ1n) is 7.75. The van der Waals surface area contributed by atoms with Crippen LogP contribution in [-0.4, -0.2) is 43.2 Å². The maximum atomic E-state index is 5.99. The molecule has 0 saturated carbocycles. The Labute approximate surface area is 126 Å². The van der Waals surface area contributed by atoms with Crippen LogP contribution in [0.3, 0.4) is 0 Å². The molecule has 21 heavy (non-hydrogen) atoms. The molecule has 4 heteroatoms. The fourth-order valence-corrected chi connectivity index (χ4v) is 2.88. The summed E-state index contributed by atoms with van der Waals surface area (Å²) in [7, 11) is 1.94. The molecule has 3 rings (SSSR count). The van der Waals surface area contributed by atoms with Gasteiger partial charge >= 0.3 is 0 Å². The van der Waals surface area contributed by atoms with E-state index in [1.807, 2.05) is 13.1 Å². The molecule has 2 aromatic rings. The van der Waals surface area contributed by atoms with Crippen LogP contribution in [0.5, 0.6) is 5.88 Å². The Hall–Kier alpha value is -1.65. The van der Waals surface area contributed by atoms with Crippen molar-refractivity contribution in [2.45, 2.75) is 19.4 Å². The first-order valence-corrected chi connectivity index (χ1v) is 7.75. The lowest BCUT2D eigenvalue weighted by molar-refractivity contribution is 0.233. The Balaban J connectivity index is 1.75. The molecule has 0 spiro atoms. The monoisotopic (exact) mass is 285 g/mol. The van der Waals surface area contributed by atoms with Crippen LogP contribution in [0.15, 0.2) is 30.3 Å². The molecular weight excluding hydrogens is 262 g/mol. The minimum atomic E-state index is 0.708. The molecule has 0 radical (unpaired) electrons. The van der Waals surface area contributed by atoms with Gasteiger partial charge in [-0.1, -0.05) is 18.2 Å². The van der Waals surface area contributed by atoms with Crippen LogP contribution >= 0.6 is 0 Å². The van der Waals surface area contributed by atoms with Crippen molar-refractivity contribution in [2.24, 2.45) is 0 Å². The largest absolute Gasteiger partial charge is 0.476 e. The second-order valence-corrected chi connectivity index (χ2v) is 5.57. The zero-order valence-electron chi connectivity index (χ0n) is 12.6. The summed E-state index contributed by atoms with van der Waals surface area (Å²) in [6.45, 7) is 4.87. The number of hydrogen-bond donors (Lipinski definition) is 1. The highest BCUT2D eigenvalue weighted by Gasteiger charge is 2.12. The van der Waals surface area contributed by atoms with E-state index in [9.17, 15) is 0 Å². The van der Waals surface area contributed by atoms with E-state index in [4.69, 9.17) is 4.74 Å². The van der Waals surface area contributed by atoms with Crippen molar-refractivity contribution in [1.82, 2.24) is 15.2 Å². The van der Waals surface area contributed by atoms with Crippen molar-refractivity contribution >= 4 is 10.8 Å². The van der Waals surface area contributed by atoms with Gasteiger partial charge in [0.2, 0.25) is 5.88 Å². The SMILES string of the molecule is CNCc1cc2ccccc2c(OCCN2CCCC2)n1. The van der Waals surface area contributed by atoms with E-state index in [1.165, 1.54) is 31.3 Å². The second-order valence-electron chi connectivity index (χ2n) is 5.57. The molecule has 112 valence electrons. The summed E-state index contributed by atoms with van der Waals surface area (Å²) in [6, 6.07) is 10.4. The van der Waals surface area contributed by atoms with Gasteiger partial charge < -0.3 is 10.1 Å². The molecule has 1 N–H and O–H groups in total. The summed E-state index contributed by atoms with van der Waals surface area (Å²) in [5.41, 5.74) is 1.02. The van der Waals surface area contributed by atoms with Crippen LogP contribution in [0.2, 0.25) is 0 Å². The minimum Gasteiger partial charge on any atom is -0.476 e. The number of fused-ring (bicyclic) bond motifs is 1. The fraction of sp³-hybridized carbons (Fsp3) is 0.471. The second kappa shape index (κ2) is 6.87. The van der Waals surface area contributed by atoms with E-state index in [-0.39, 0.29) is 0 Å². The Morgan fingerprint density at radius 3 is 2.86 bits per heavy atom. The molecule has 0 bridgehead atoms. The maximum absolute atomic E-state index is 5.99. The Kier molecular flexibility index (Phi) is 4.68. The van der Waals surface area contributed by atoms with E-state index < -0.39 is 0 Å². The van der Waals surface area contributed by atoms with Gasteiger partial charge in [0.05, 0.1) is 5.69 Å². The minimum absolute atomic E-state index is 0.708. The predicted molar refractivity (Wildman–Crippen MR) is 85.7 cm³/mol. The van der Waals surface area contributed by atoms with Gasteiger partial charge in [-0.05, 0) is 50.5 Å². The molecule has 0 atom stereocenters. The lowest BCUT2D eigenvalue weighted by Crippen LogP contribution is -2.25. The van der Waals surface area contributed by atoms with Crippen LogP contribution in [0.4, 0.5) is 0 Å². The highest BCUT2D eigenvalue weighted by atomic mass is 16.5. The van der Waals surface area contributed by atoms with Gasteiger partial charge in [0, 0.05) is 18.5 Å². The Bertz CT molecular complexity index is 594. The third-order valence-electron chi connectivity index (χ3n) is 3.96. The summed E-state index contributed by atoms with van der Waals surface area (Å²) < 4.78 is 5.99. The fourth-order valence-electron chi connectivity index (χ4n) is 2.88. The van der Waals surface area contributed by atoms with Crippen LogP contribution in [0.25, 0.3) is 10.8 Å². The van der Waals surface area contributed by atoms with Crippen LogP contribution in [0.1, 0.15) is 18.5 Å². The number of hydrogen-bond acceptors (Lipinski definition) is 4. The third kappa shape index (κ3) is 3.52. The first kappa shape index (κ1) is 14.3. The van der Waals surface area contributed by atoms with E-state index in [0.29, 0.717) is 6.61 Å². The van der Waals surface area contributed by atoms with Crippen molar-refractivity contribution in [2.75, 3.05) is 33.3 Å². The molecular formula is C17H23N3O. The molecule has 4 nitrogen and oxygen atoms in total. The molecule has 0 aliphatic carbocycles. The Morgan fingerprint density at radius 1 is 1.24 bits per heavy atom. The van der Waals surface area contributed by atoms with Crippen molar-refractivity contribution in [3.63, 3.8) is 0 Å². The van der Waals surface area contributed by atoms with E-state index in [2.05, 4.69) is 39.5 Å². The van der Waals surface area contributed by atoms with Gasteiger partial charge in [0.1, 0.15) is 6.61 Å². The zero-order valence-corrected chi connectivity index (χ0v) is 12.6. The highest BCUT2D eigenvalue weighted by Crippen LogP contribution is 2.24. The van der Waals surface area contributed by atoms with Gasteiger partial charge in [-0.2, -0.15) is 0 Å². The molecule has 0 unspecified atom stereocenters. The summed E-state index contributed by atoms with van der Waals surface area (Å²) in [5, 5.41) is 5.44. The smallest absolute Gasteiger partial charge is 0.221 e. The molecule has 1 saturated heterocycles. The standard InChI is InChI=1S/C17H23N3O/c1-18-13-15-12-14-6-2-3-7-16(14)17(19-15)21-11-10-20-8-4-5-9-20/h2-3,6-7,12,18H,4-5,8-11,13H2,1H3. The molecule has 1 aromatic carbocycles. The molecule has 1 aliphatic heterocycles. The predicted octanol–water partition coefficient (Wildman–Crippen LogP) is 2.43. The van der Waals surface area contributed by atoms with Gasteiger partial charge in [0.25, 0.3) is 0 Å². The summed E-state index contributed by atoms with van der Waals surface area (Å²) in [5.74, 6) is 0.762. The van der Waals surface area contributed by atoms with Gasteiger partial charge in [-0.3, -0.25) is 4.90 Å². The number of aromatic nitrogens is 1. The summed E-state index contributed by atoms with van der Waals surface area (Å²) >= 11 is 0. The van der Waals surface area contributed by atoms with Crippen molar-refractivity contribution in [3.8, 4) is 5.88 Å². The van der Waals surface area contributed by atoms with E-state index in [0.717, 1.165) is 30.0 Å². The highest BCUT2D eigenvalue weighted by molar-refractivity contribution is 5.87. The first-order chi connectivity index (χ1) is 10.4. The van der Waals surface area contributed by atoms with E-state index >= 15 is 0 Å². The average Bonchev–Trinajstić information content (AvgIpc) is 3.01. The van der Waals surface area contributed by atoms with Crippen molar-refractivity contribution in [1.29, 1.82) is 0 Å². The number of ether oxygens (including phenoxy) is 1. The lowest BCUT2D eigenvalue weighted by Gasteiger charge is -2.16. The third-order valence-corrected chi connectivity index (χ3v) is 3.96. The number of nitrogens with one attached hydrogen (secondary N) is 1. The van der Waals surface area contributed by atoms with Gasteiger partial charge in [-0.25, -0.2) is 4.98 Å². The molecule has 2 heterocycles. The van der Waals surface area contributed by atoms with Crippen LogP contribution < -0.4 is 10.1 Å². The zero-order chi connectivity index (χ0) is 14.5.